The molecule has 0 bridgehead atoms. The zero-order chi connectivity index (χ0) is 16.0. The Morgan fingerprint density at radius 3 is 2.43 bits per heavy atom. The number of hydrogen-bond acceptors (Lipinski definition) is 2. The number of hydrogen-bond donors (Lipinski definition) is 0. The van der Waals surface area contributed by atoms with Crippen LogP contribution in [-0.4, -0.2) is 36.9 Å². The summed E-state index contributed by atoms with van der Waals surface area (Å²) in [4.78, 5) is 27.0. The van der Waals surface area contributed by atoms with Gasteiger partial charge < -0.3 is 9.80 Å². The fourth-order valence-electron chi connectivity index (χ4n) is 1.84. The molecule has 0 aliphatic rings. The summed E-state index contributed by atoms with van der Waals surface area (Å²) in [7, 11) is 1.74. The van der Waals surface area contributed by atoms with E-state index in [9.17, 15) is 9.59 Å². The number of anilines is 1. The van der Waals surface area contributed by atoms with Crippen molar-refractivity contribution in [3.63, 3.8) is 0 Å². The Kier molecular flexibility index (Phi) is 6.99. The molecule has 0 saturated heterocycles. The molecule has 1 aromatic rings. The predicted molar refractivity (Wildman–Crippen MR) is 87.0 cm³/mol. The van der Waals surface area contributed by atoms with Crippen molar-refractivity contribution < 1.29 is 9.59 Å². The average Bonchev–Trinajstić information content (AvgIpc) is 2.42. The maximum Gasteiger partial charge on any atom is 0.242 e. The Hall–Kier alpha value is -1.26. The van der Waals surface area contributed by atoms with Gasteiger partial charge in [0.1, 0.15) is 6.54 Å². The first-order valence-corrected chi connectivity index (χ1v) is 7.59. The van der Waals surface area contributed by atoms with Crippen LogP contribution in [-0.2, 0) is 9.59 Å². The molecular formula is C15H20Cl2N2O2. The number of rotatable bonds is 6. The van der Waals surface area contributed by atoms with Gasteiger partial charge in [0.15, 0.2) is 0 Å². The third-order valence-electron chi connectivity index (χ3n) is 3.15. The summed E-state index contributed by atoms with van der Waals surface area (Å²) in [6, 6.07) is 4.84. The lowest BCUT2D eigenvalue weighted by atomic mass is 10.2. The lowest BCUT2D eigenvalue weighted by Crippen LogP contribution is -2.41. The molecule has 21 heavy (non-hydrogen) atoms. The molecule has 0 fully saturated rings. The Balaban J connectivity index is 2.88. The molecule has 0 aromatic heterocycles. The van der Waals surface area contributed by atoms with Crippen molar-refractivity contribution in [3.05, 3.63) is 28.2 Å². The summed E-state index contributed by atoms with van der Waals surface area (Å²) in [6.07, 6.45) is 1.95. The summed E-state index contributed by atoms with van der Waals surface area (Å²) < 4.78 is 0. The quantitative estimate of drug-likeness (QED) is 0.799. The molecular weight excluding hydrogens is 311 g/mol. The van der Waals surface area contributed by atoms with E-state index in [0.29, 0.717) is 22.3 Å². The number of benzene rings is 1. The van der Waals surface area contributed by atoms with Crippen LogP contribution >= 0.6 is 23.2 Å². The van der Waals surface area contributed by atoms with Crippen LogP contribution in [0.5, 0.6) is 0 Å². The van der Waals surface area contributed by atoms with E-state index in [1.54, 1.807) is 30.1 Å². The first-order valence-electron chi connectivity index (χ1n) is 6.84. The van der Waals surface area contributed by atoms with Crippen LogP contribution in [0.25, 0.3) is 0 Å². The fourth-order valence-corrected chi connectivity index (χ4v) is 2.35. The minimum atomic E-state index is -0.239. The van der Waals surface area contributed by atoms with Crippen LogP contribution in [0.15, 0.2) is 18.2 Å². The molecule has 0 atom stereocenters. The van der Waals surface area contributed by atoms with Crippen LogP contribution in [0.4, 0.5) is 5.69 Å². The third kappa shape index (κ3) is 5.21. The first-order chi connectivity index (χ1) is 9.86. The summed E-state index contributed by atoms with van der Waals surface area (Å²) >= 11 is 12.0. The molecule has 1 aromatic carbocycles. The maximum atomic E-state index is 12.2. The number of likely N-dealkylation sites (N-methyl/N-ethyl adjacent to an activating group) is 1. The van der Waals surface area contributed by atoms with Crippen molar-refractivity contribution in [1.29, 1.82) is 0 Å². The van der Waals surface area contributed by atoms with Crippen LogP contribution in [0.1, 0.15) is 26.7 Å². The van der Waals surface area contributed by atoms with Gasteiger partial charge in [-0.25, -0.2) is 0 Å². The second kappa shape index (κ2) is 8.25. The first kappa shape index (κ1) is 17.8. The van der Waals surface area contributed by atoms with Gasteiger partial charge in [-0.3, -0.25) is 9.59 Å². The van der Waals surface area contributed by atoms with E-state index in [1.165, 1.54) is 11.8 Å². The second-order valence-electron chi connectivity index (χ2n) is 4.87. The summed E-state index contributed by atoms with van der Waals surface area (Å²) in [6.45, 7) is 4.12. The number of carbonyl (C=O) groups excluding carboxylic acids is 2. The molecule has 0 saturated carbocycles. The van der Waals surface area contributed by atoms with Crippen LogP contribution in [0, 0.1) is 0 Å². The topological polar surface area (TPSA) is 40.6 Å². The highest BCUT2D eigenvalue weighted by atomic mass is 35.5. The number of carbonyl (C=O) groups is 2. The van der Waals surface area contributed by atoms with Gasteiger partial charge in [-0.15, -0.1) is 0 Å². The molecule has 2 amide bonds. The van der Waals surface area contributed by atoms with Crippen molar-refractivity contribution in [2.75, 3.05) is 25.0 Å². The SMILES string of the molecule is CCCCN(C)C(=O)CN(C(C)=O)c1ccc(Cl)cc1Cl. The highest BCUT2D eigenvalue weighted by Crippen LogP contribution is 2.28. The summed E-state index contributed by atoms with van der Waals surface area (Å²) in [5.41, 5.74) is 0.491. The van der Waals surface area contributed by atoms with E-state index in [1.807, 2.05) is 0 Å². The van der Waals surface area contributed by atoms with Gasteiger partial charge in [0.25, 0.3) is 0 Å². The van der Waals surface area contributed by atoms with E-state index in [-0.39, 0.29) is 18.4 Å². The number of amides is 2. The number of unbranched alkanes of at least 4 members (excludes halogenated alkanes) is 1. The lowest BCUT2D eigenvalue weighted by molar-refractivity contribution is -0.130. The lowest BCUT2D eigenvalue weighted by Gasteiger charge is -2.25. The zero-order valence-electron chi connectivity index (χ0n) is 12.5. The van der Waals surface area contributed by atoms with E-state index in [0.717, 1.165) is 12.8 Å². The molecule has 6 heteroatoms. The van der Waals surface area contributed by atoms with Gasteiger partial charge >= 0.3 is 0 Å². The predicted octanol–water partition coefficient (Wildman–Crippen LogP) is 3.60. The van der Waals surface area contributed by atoms with Crippen molar-refractivity contribution in [2.24, 2.45) is 0 Å². The number of halogens is 2. The molecule has 0 aliphatic carbocycles. The molecule has 0 radical (unpaired) electrons. The van der Waals surface area contributed by atoms with Gasteiger partial charge in [0.2, 0.25) is 11.8 Å². The molecule has 4 nitrogen and oxygen atoms in total. The van der Waals surface area contributed by atoms with Crippen molar-refractivity contribution >= 4 is 40.7 Å². The fraction of sp³-hybridized carbons (Fsp3) is 0.467. The highest BCUT2D eigenvalue weighted by molar-refractivity contribution is 6.36. The Labute approximate surface area is 135 Å². The molecule has 116 valence electrons. The van der Waals surface area contributed by atoms with Gasteiger partial charge in [-0.1, -0.05) is 36.5 Å². The van der Waals surface area contributed by atoms with Gasteiger partial charge in [0, 0.05) is 25.5 Å². The molecule has 0 aliphatic heterocycles. The van der Waals surface area contributed by atoms with Crippen molar-refractivity contribution in [1.82, 2.24) is 4.90 Å². The van der Waals surface area contributed by atoms with E-state index in [4.69, 9.17) is 23.2 Å². The van der Waals surface area contributed by atoms with Crippen molar-refractivity contribution in [2.45, 2.75) is 26.7 Å². The Bertz CT molecular complexity index is 520. The van der Waals surface area contributed by atoms with Crippen LogP contribution in [0.3, 0.4) is 0 Å². The average molecular weight is 331 g/mol. The van der Waals surface area contributed by atoms with E-state index in [2.05, 4.69) is 6.92 Å². The second-order valence-corrected chi connectivity index (χ2v) is 5.71. The van der Waals surface area contributed by atoms with E-state index < -0.39 is 0 Å². The van der Waals surface area contributed by atoms with Crippen LogP contribution < -0.4 is 4.90 Å². The monoisotopic (exact) mass is 330 g/mol. The van der Waals surface area contributed by atoms with Gasteiger partial charge in [-0.2, -0.15) is 0 Å². The highest BCUT2D eigenvalue weighted by Gasteiger charge is 2.20. The normalized spacial score (nSPS) is 10.3. The minimum absolute atomic E-state index is 0.0309. The molecule has 0 heterocycles. The molecule has 0 spiro atoms. The minimum Gasteiger partial charge on any atom is -0.344 e. The molecule has 1 rings (SSSR count). The molecule has 0 N–H and O–H groups in total. The van der Waals surface area contributed by atoms with Crippen molar-refractivity contribution in [3.8, 4) is 0 Å². The maximum absolute atomic E-state index is 12.2. The number of nitrogens with zero attached hydrogens (tertiary/aromatic N) is 2. The standard InChI is InChI=1S/C15H20Cl2N2O2/c1-4-5-8-18(3)15(21)10-19(11(2)20)14-7-6-12(16)9-13(14)17/h6-7,9H,4-5,8,10H2,1-3H3. The Morgan fingerprint density at radius 2 is 1.90 bits per heavy atom. The van der Waals surface area contributed by atoms with Crippen LogP contribution in [0.2, 0.25) is 10.0 Å². The zero-order valence-corrected chi connectivity index (χ0v) is 14.0. The summed E-state index contributed by atoms with van der Waals surface area (Å²) in [5, 5.41) is 0.834. The summed E-state index contributed by atoms with van der Waals surface area (Å²) in [5.74, 6) is -0.360. The van der Waals surface area contributed by atoms with E-state index >= 15 is 0 Å². The van der Waals surface area contributed by atoms with Gasteiger partial charge in [0.05, 0.1) is 10.7 Å². The Morgan fingerprint density at radius 1 is 1.24 bits per heavy atom. The molecule has 0 unspecified atom stereocenters. The largest absolute Gasteiger partial charge is 0.344 e. The van der Waals surface area contributed by atoms with Gasteiger partial charge in [-0.05, 0) is 24.6 Å². The third-order valence-corrected chi connectivity index (χ3v) is 3.68. The smallest absolute Gasteiger partial charge is 0.242 e.